The maximum absolute atomic E-state index is 11.0. The van der Waals surface area contributed by atoms with Gasteiger partial charge in [0, 0.05) is 5.56 Å². The van der Waals surface area contributed by atoms with E-state index in [4.69, 9.17) is 9.84 Å². The second-order valence-electron chi connectivity index (χ2n) is 4.01. The Labute approximate surface area is 106 Å². The van der Waals surface area contributed by atoms with Crippen molar-refractivity contribution in [2.24, 2.45) is 0 Å². The summed E-state index contributed by atoms with van der Waals surface area (Å²) < 4.78 is 5.72. The van der Waals surface area contributed by atoms with Gasteiger partial charge < -0.3 is 9.84 Å². The van der Waals surface area contributed by atoms with Gasteiger partial charge in [-0.3, -0.25) is 4.79 Å². The van der Waals surface area contributed by atoms with E-state index in [-0.39, 0.29) is 0 Å². The van der Waals surface area contributed by atoms with Gasteiger partial charge in [-0.15, -0.1) is 0 Å². The predicted molar refractivity (Wildman–Crippen MR) is 69.0 cm³/mol. The van der Waals surface area contributed by atoms with Gasteiger partial charge in [0.1, 0.15) is 11.5 Å². The predicted octanol–water partition coefficient (Wildman–Crippen LogP) is 3.67. The lowest BCUT2D eigenvalue weighted by Gasteiger charge is -2.13. The molecule has 92 valence electrons. The van der Waals surface area contributed by atoms with Crippen LogP contribution in [0, 0.1) is 0 Å². The van der Waals surface area contributed by atoms with Gasteiger partial charge in [-0.05, 0) is 25.1 Å². The molecule has 3 nitrogen and oxygen atoms in total. The Balaban J connectivity index is 2.31. The van der Waals surface area contributed by atoms with Gasteiger partial charge in [-0.25, -0.2) is 0 Å². The fraction of sp³-hybridized carbons (Fsp3) is 0.133. The summed E-state index contributed by atoms with van der Waals surface area (Å²) in [6.45, 7) is 1.65. The first-order valence-electron chi connectivity index (χ1n) is 5.73. The van der Waals surface area contributed by atoms with Crippen molar-refractivity contribution in [1.29, 1.82) is 0 Å². The van der Waals surface area contributed by atoms with Crippen LogP contribution < -0.4 is 4.74 Å². The summed E-state index contributed by atoms with van der Waals surface area (Å²) in [7, 11) is 0. The van der Waals surface area contributed by atoms with Crippen LogP contribution in [0.25, 0.3) is 0 Å². The number of carboxylic acid groups (broad SMARTS) is 1. The zero-order valence-electron chi connectivity index (χ0n) is 10.0. The quantitative estimate of drug-likeness (QED) is 0.889. The molecule has 0 spiro atoms. The molecule has 2 aromatic rings. The third-order valence-corrected chi connectivity index (χ3v) is 2.73. The summed E-state index contributed by atoms with van der Waals surface area (Å²) in [6.07, 6.45) is 0. The Bertz CT molecular complexity index is 534. The molecule has 0 saturated heterocycles. The topological polar surface area (TPSA) is 46.5 Å². The fourth-order valence-electron chi connectivity index (χ4n) is 1.68. The fourth-order valence-corrected chi connectivity index (χ4v) is 1.68. The third-order valence-electron chi connectivity index (χ3n) is 2.73. The second-order valence-corrected chi connectivity index (χ2v) is 4.01. The maximum Gasteiger partial charge on any atom is 0.310 e. The molecule has 3 heteroatoms. The van der Waals surface area contributed by atoms with E-state index in [0.29, 0.717) is 17.1 Å². The van der Waals surface area contributed by atoms with Crippen molar-refractivity contribution in [3.63, 3.8) is 0 Å². The van der Waals surface area contributed by atoms with E-state index in [0.717, 1.165) is 0 Å². The molecule has 0 aliphatic heterocycles. The number of benzene rings is 2. The van der Waals surface area contributed by atoms with Crippen LogP contribution in [-0.4, -0.2) is 11.1 Å². The zero-order chi connectivity index (χ0) is 13.0. The second kappa shape index (κ2) is 5.36. The van der Waals surface area contributed by atoms with Crippen molar-refractivity contribution < 1.29 is 14.6 Å². The van der Waals surface area contributed by atoms with Crippen LogP contribution >= 0.6 is 0 Å². The van der Waals surface area contributed by atoms with Crippen molar-refractivity contribution in [2.75, 3.05) is 0 Å². The van der Waals surface area contributed by atoms with Crippen LogP contribution in [0.15, 0.2) is 54.6 Å². The van der Waals surface area contributed by atoms with E-state index >= 15 is 0 Å². The van der Waals surface area contributed by atoms with E-state index < -0.39 is 11.9 Å². The van der Waals surface area contributed by atoms with Gasteiger partial charge in [-0.2, -0.15) is 0 Å². The van der Waals surface area contributed by atoms with E-state index in [1.807, 2.05) is 42.5 Å². The molecule has 2 aromatic carbocycles. The molecule has 0 aliphatic rings. The Morgan fingerprint density at radius 2 is 1.67 bits per heavy atom. The van der Waals surface area contributed by atoms with E-state index in [2.05, 4.69) is 0 Å². The van der Waals surface area contributed by atoms with Crippen LogP contribution in [0.4, 0.5) is 0 Å². The number of carboxylic acids is 1. The molecular formula is C15H14O3. The number of rotatable bonds is 4. The van der Waals surface area contributed by atoms with Gasteiger partial charge in [0.2, 0.25) is 0 Å². The largest absolute Gasteiger partial charge is 0.481 e. The van der Waals surface area contributed by atoms with Crippen LogP contribution in [0.2, 0.25) is 0 Å². The zero-order valence-corrected chi connectivity index (χ0v) is 10.0. The van der Waals surface area contributed by atoms with Crippen LogP contribution in [0.5, 0.6) is 11.5 Å². The molecule has 0 heterocycles. The first-order chi connectivity index (χ1) is 8.68. The van der Waals surface area contributed by atoms with Crippen molar-refractivity contribution >= 4 is 5.97 Å². The van der Waals surface area contributed by atoms with Crippen LogP contribution in [0.1, 0.15) is 18.4 Å². The first-order valence-corrected chi connectivity index (χ1v) is 5.73. The summed E-state index contributed by atoms with van der Waals surface area (Å²) >= 11 is 0. The first kappa shape index (κ1) is 12.2. The van der Waals surface area contributed by atoms with Crippen molar-refractivity contribution in [2.45, 2.75) is 12.8 Å². The molecule has 0 bridgehead atoms. The van der Waals surface area contributed by atoms with Crippen LogP contribution in [0.3, 0.4) is 0 Å². The summed E-state index contributed by atoms with van der Waals surface area (Å²) in [5.74, 6) is -0.176. The summed E-state index contributed by atoms with van der Waals surface area (Å²) in [5, 5.41) is 9.07. The molecule has 0 aliphatic carbocycles. The molecule has 2 rings (SSSR count). The minimum absolute atomic E-state index is 0.582. The van der Waals surface area contributed by atoms with Gasteiger partial charge in [0.05, 0.1) is 5.92 Å². The highest BCUT2D eigenvalue weighted by atomic mass is 16.5. The molecule has 0 aromatic heterocycles. The Morgan fingerprint density at radius 1 is 1.06 bits per heavy atom. The number of hydrogen-bond donors (Lipinski definition) is 1. The number of aliphatic carboxylic acids is 1. The standard InChI is InChI=1S/C15H14O3/c1-11(15(16)17)13-9-5-6-10-14(13)18-12-7-3-2-4-8-12/h2-11H,1H3,(H,16,17). The number of carbonyl (C=O) groups is 1. The third kappa shape index (κ3) is 2.69. The minimum atomic E-state index is -0.862. The van der Waals surface area contributed by atoms with Crippen molar-refractivity contribution in [3.8, 4) is 11.5 Å². The smallest absolute Gasteiger partial charge is 0.310 e. The Morgan fingerprint density at radius 3 is 2.33 bits per heavy atom. The summed E-state index contributed by atoms with van der Waals surface area (Å²) in [6, 6.07) is 16.5. The van der Waals surface area contributed by atoms with Crippen LogP contribution in [-0.2, 0) is 4.79 Å². The normalized spacial score (nSPS) is 11.8. The van der Waals surface area contributed by atoms with Gasteiger partial charge >= 0.3 is 5.97 Å². The van der Waals surface area contributed by atoms with Crippen molar-refractivity contribution in [1.82, 2.24) is 0 Å². The Kier molecular flexibility index (Phi) is 3.63. The lowest BCUT2D eigenvalue weighted by Crippen LogP contribution is -2.08. The minimum Gasteiger partial charge on any atom is -0.481 e. The number of hydrogen-bond acceptors (Lipinski definition) is 2. The monoisotopic (exact) mass is 242 g/mol. The highest BCUT2D eigenvalue weighted by Crippen LogP contribution is 2.30. The molecule has 0 radical (unpaired) electrons. The molecule has 1 atom stereocenters. The Hall–Kier alpha value is -2.29. The molecule has 1 unspecified atom stereocenters. The molecule has 0 amide bonds. The highest BCUT2D eigenvalue weighted by molar-refractivity contribution is 5.76. The van der Waals surface area contributed by atoms with Crippen molar-refractivity contribution in [3.05, 3.63) is 60.2 Å². The lowest BCUT2D eigenvalue weighted by atomic mass is 10.0. The SMILES string of the molecule is CC(C(=O)O)c1ccccc1Oc1ccccc1. The summed E-state index contributed by atoms with van der Waals surface area (Å²) in [4.78, 5) is 11.0. The molecule has 0 fully saturated rings. The van der Waals surface area contributed by atoms with E-state index in [1.54, 1.807) is 19.1 Å². The molecule has 1 N–H and O–H groups in total. The summed E-state index contributed by atoms with van der Waals surface area (Å²) in [5.41, 5.74) is 0.675. The van der Waals surface area contributed by atoms with Gasteiger partial charge in [0.25, 0.3) is 0 Å². The van der Waals surface area contributed by atoms with E-state index in [9.17, 15) is 4.79 Å². The molecule has 18 heavy (non-hydrogen) atoms. The molecule has 0 saturated carbocycles. The van der Waals surface area contributed by atoms with Gasteiger partial charge in [0.15, 0.2) is 0 Å². The van der Waals surface area contributed by atoms with Gasteiger partial charge in [-0.1, -0.05) is 36.4 Å². The average molecular weight is 242 g/mol. The maximum atomic E-state index is 11.0. The highest BCUT2D eigenvalue weighted by Gasteiger charge is 2.18. The number of para-hydroxylation sites is 2. The lowest BCUT2D eigenvalue weighted by molar-refractivity contribution is -0.138. The van der Waals surface area contributed by atoms with E-state index in [1.165, 1.54) is 0 Å². The number of ether oxygens (including phenoxy) is 1. The molecular weight excluding hydrogens is 228 g/mol. The average Bonchev–Trinajstić information content (AvgIpc) is 2.39.